The van der Waals surface area contributed by atoms with Gasteiger partial charge in [0, 0.05) is 19.7 Å². The predicted molar refractivity (Wildman–Crippen MR) is 110 cm³/mol. The summed E-state index contributed by atoms with van der Waals surface area (Å²) in [7, 11) is 0. The average Bonchev–Trinajstić information content (AvgIpc) is 2.93. The zero-order chi connectivity index (χ0) is 20.1. The van der Waals surface area contributed by atoms with E-state index in [0.29, 0.717) is 26.3 Å². The van der Waals surface area contributed by atoms with Crippen LogP contribution < -0.4 is 21.3 Å². The van der Waals surface area contributed by atoms with Crippen molar-refractivity contribution in [3.63, 3.8) is 0 Å². The molecule has 28 heavy (non-hydrogen) atoms. The van der Waals surface area contributed by atoms with Gasteiger partial charge in [-0.15, -0.1) is 0 Å². The lowest BCUT2D eigenvalue weighted by molar-refractivity contribution is -0.117. The molecule has 1 heterocycles. The van der Waals surface area contributed by atoms with Gasteiger partial charge in [-0.2, -0.15) is 0 Å². The van der Waals surface area contributed by atoms with Gasteiger partial charge < -0.3 is 26.0 Å². The van der Waals surface area contributed by atoms with E-state index < -0.39 is 11.6 Å². The van der Waals surface area contributed by atoms with Crippen LogP contribution in [0.3, 0.4) is 0 Å². The maximum atomic E-state index is 13.3. The lowest BCUT2D eigenvalue weighted by Gasteiger charge is -2.37. The lowest BCUT2D eigenvalue weighted by Crippen LogP contribution is -2.56. The molecule has 0 bridgehead atoms. The van der Waals surface area contributed by atoms with Crippen LogP contribution in [0.5, 0.6) is 0 Å². The number of amides is 1. The summed E-state index contributed by atoms with van der Waals surface area (Å²) in [6.07, 6.45) is 0. The molecule has 0 aliphatic carbocycles. The zero-order valence-electron chi connectivity index (χ0n) is 16.3. The normalized spacial score (nSPS) is 18.0. The summed E-state index contributed by atoms with van der Waals surface area (Å²) in [6, 6.07) is 12.6. The van der Waals surface area contributed by atoms with E-state index in [-0.39, 0.29) is 12.4 Å². The van der Waals surface area contributed by atoms with Crippen molar-refractivity contribution in [2.75, 3.05) is 43.1 Å². The molecule has 0 spiro atoms. The molecule has 7 heteroatoms. The van der Waals surface area contributed by atoms with Crippen LogP contribution in [0.15, 0.2) is 42.5 Å². The number of primary amides is 1. The Kier molecular flexibility index (Phi) is 6.16. The van der Waals surface area contributed by atoms with Crippen LogP contribution in [0.2, 0.25) is 0 Å². The Morgan fingerprint density at radius 2 is 1.96 bits per heavy atom. The van der Waals surface area contributed by atoms with Gasteiger partial charge in [-0.1, -0.05) is 18.2 Å². The van der Waals surface area contributed by atoms with E-state index in [4.69, 9.17) is 10.5 Å². The number of rotatable bonds is 9. The molecule has 0 fully saturated rings. The number of fused-ring (bicyclic) bond motifs is 1. The Morgan fingerprint density at radius 1 is 1.25 bits per heavy atom. The SMILES string of the molecule is CCOCCN1c2cc(-c3ccc(F)cc3)ccc2NC1(C)CNCC(N)=O. The molecule has 0 saturated carbocycles. The Balaban J connectivity index is 1.88. The summed E-state index contributed by atoms with van der Waals surface area (Å²) >= 11 is 0. The first-order valence-electron chi connectivity index (χ1n) is 9.45. The average molecular weight is 386 g/mol. The second-order valence-corrected chi connectivity index (χ2v) is 7.06. The Hall–Kier alpha value is -2.64. The van der Waals surface area contributed by atoms with E-state index in [0.717, 1.165) is 22.5 Å². The molecule has 1 amide bonds. The van der Waals surface area contributed by atoms with E-state index in [9.17, 15) is 9.18 Å². The second-order valence-electron chi connectivity index (χ2n) is 7.06. The first-order valence-corrected chi connectivity index (χ1v) is 9.45. The molecular weight excluding hydrogens is 359 g/mol. The molecule has 1 atom stereocenters. The van der Waals surface area contributed by atoms with Crippen LogP contribution in [0.25, 0.3) is 11.1 Å². The fourth-order valence-corrected chi connectivity index (χ4v) is 3.54. The number of carbonyl (C=O) groups is 1. The van der Waals surface area contributed by atoms with Crippen molar-refractivity contribution in [3.05, 3.63) is 48.3 Å². The molecule has 0 radical (unpaired) electrons. The number of ether oxygens (including phenoxy) is 1. The molecule has 0 aromatic heterocycles. The summed E-state index contributed by atoms with van der Waals surface area (Å²) in [4.78, 5) is 13.3. The van der Waals surface area contributed by atoms with E-state index in [1.807, 2.05) is 19.1 Å². The van der Waals surface area contributed by atoms with Crippen molar-refractivity contribution >= 4 is 17.3 Å². The lowest BCUT2D eigenvalue weighted by atomic mass is 10.0. The minimum absolute atomic E-state index is 0.119. The van der Waals surface area contributed by atoms with Crippen LogP contribution in [-0.4, -0.2) is 44.4 Å². The summed E-state index contributed by atoms with van der Waals surface area (Å²) in [5.74, 6) is -0.642. The molecule has 4 N–H and O–H groups in total. The minimum Gasteiger partial charge on any atom is -0.380 e. The first-order chi connectivity index (χ1) is 13.4. The minimum atomic E-state index is -0.434. The molecule has 2 aromatic carbocycles. The predicted octanol–water partition coefficient (Wildman–Crippen LogP) is 2.55. The number of nitrogens with zero attached hydrogens (tertiary/aromatic N) is 1. The van der Waals surface area contributed by atoms with Crippen molar-refractivity contribution in [1.82, 2.24) is 5.32 Å². The molecule has 150 valence electrons. The first kappa shape index (κ1) is 20.1. The molecule has 0 saturated heterocycles. The number of hydrogen-bond acceptors (Lipinski definition) is 5. The second kappa shape index (κ2) is 8.58. The van der Waals surface area contributed by atoms with Crippen LogP contribution >= 0.6 is 0 Å². The highest BCUT2D eigenvalue weighted by atomic mass is 19.1. The highest BCUT2D eigenvalue weighted by Gasteiger charge is 2.39. The summed E-state index contributed by atoms with van der Waals surface area (Å²) in [5, 5.41) is 6.66. The number of halogens is 1. The van der Waals surface area contributed by atoms with Crippen LogP contribution in [0.1, 0.15) is 13.8 Å². The standard InChI is InChI=1S/C21H27FN4O2/c1-3-28-11-10-26-19-12-16(15-4-7-17(22)8-5-15)6-9-18(19)25-21(26,2)14-24-13-20(23)27/h4-9,12,24-25H,3,10-11,13-14H2,1-2H3,(H2,23,27). The van der Waals surface area contributed by atoms with Crippen molar-refractivity contribution in [2.45, 2.75) is 19.5 Å². The fraction of sp³-hybridized carbons (Fsp3) is 0.381. The molecule has 1 aliphatic rings. The van der Waals surface area contributed by atoms with Crippen molar-refractivity contribution < 1.29 is 13.9 Å². The highest BCUT2D eigenvalue weighted by Crippen LogP contribution is 2.41. The topological polar surface area (TPSA) is 79.6 Å². The monoisotopic (exact) mass is 386 g/mol. The molecule has 1 unspecified atom stereocenters. The van der Waals surface area contributed by atoms with Gasteiger partial charge in [-0.25, -0.2) is 4.39 Å². The third-order valence-corrected chi connectivity index (χ3v) is 4.90. The number of anilines is 2. The van der Waals surface area contributed by atoms with Gasteiger partial charge >= 0.3 is 0 Å². The van der Waals surface area contributed by atoms with Crippen molar-refractivity contribution in [2.24, 2.45) is 5.73 Å². The number of benzene rings is 2. The van der Waals surface area contributed by atoms with E-state index >= 15 is 0 Å². The third-order valence-electron chi connectivity index (χ3n) is 4.90. The van der Waals surface area contributed by atoms with Crippen LogP contribution in [0, 0.1) is 5.82 Å². The van der Waals surface area contributed by atoms with Crippen LogP contribution in [0.4, 0.5) is 15.8 Å². The molecule has 1 aliphatic heterocycles. The van der Waals surface area contributed by atoms with E-state index in [1.54, 1.807) is 12.1 Å². The van der Waals surface area contributed by atoms with Gasteiger partial charge in [-0.3, -0.25) is 4.79 Å². The number of nitrogens with one attached hydrogen (secondary N) is 2. The molecule has 6 nitrogen and oxygen atoms in total. The largest absolute Gasteiger partial charge is 0.380 e. The van der Waals surface area contributed by atoms with Gasteiger partial charge in [0.25, 0.3) is 0 Å². The summed E-state index contributed by atoms with van der Waals surface area (Å²) < 4.78 is 18.8. The number of hydrogen-bond donors (Lipinski definition) is 3. The van der Waals surface area contributed by atoms with Crippen molar-refractivity contribution in [3.8, 4) is 11.1 Å². The van der Waals surface area contributed by atoms with Crippen LogP contribution in [-0.2, 0) is 9.53 Å². The maximum Gasteiger partial charge on any atom is 0.231 e. The van der Waals surface area contributed by atoms with E-state index in [2.05, 4.69) is 28.5 Å². The number of carbonyl (C=O) groups excluding carboxylic acids is 1. The quantitative estimate of drug-likeness (QED) is 0.577. The third kappa shape index (κ3) is 4.43. The van der Waals surface area contributed by atoms with Gasteiger partial charge in [-0.05, 0) is 49.2 Å². The molecular formula is C21H27FN4O2. The highest BCUT2D eigenvalue weighted by molar-refractivity contribution is 5.83. The van der Waals surface area contributed by atoms with Gasteiger partial charge in [0.1, 0.15) is 11.5 Å². The fourth-order valence-electron chi connectivity index (χ4n) is 3.54. The molecule has 3 rings (SSSR count). The van der Waals surface area contributed by atoms with E-state index in [1.165, 1.54) is 12.1 Å². The Bertz CT molecular complexity index is 828. The maximum absolute atomic E-state index is 13.3. The number of nitrogens with two attached hydrogens (primary N) is 1. The van der Waals surface area contributed by atoms with Gasteiger partial charge in [0.05, 0.1) is 24.5 Å². The zero-order valence-corrected chi connectivity index (χ0v) is 16.3. The molecule has 2 aromatic rings. The summed E-state index contributed by atoms with van der Waals surface area (Å²) in [5.41, 5.74) is 8.83. The smallest absolute Gasteiger partial charge is 0.231 e. The van der Waals surface area contributed by atoms with Gasteiger partial charge in [0.15, 0.2) is 0 Å². The van der Waals surface area contributed by atoms with Crippen molar-refractivity contribution in [1.29, 1.82) is 0 Å². The van der Waals surface area contributed by atoms with Gasteiger partial charge in [0.2, 0.25) is 5.91 Å². The summed E-state index contributed by atoms with van der Waals surface area (Å²) in [6.45, 7) is 6.62. The Labute approximate surface area is 164 Å². The Morgan fingerprint density at radius 3 is 2.64 bits per heavy atom.